The Kier molecular flexibility index (Phi) is 4.39. The molecular formula is C13H20N4O3. The van der Waals surface area contributed by atoms with Crippen molar-refractivity contribution in [3.05, 3.63) is 32.6 Å². The molecule has 0 radical (unpaired) electrons. The first-order valence-electron chi connectivity index (χ1n) is 6.84. The van der Waals surface area contributed by atoms with Crippen molar-refractivity contribution in [2.75, 3.05) is 6.54 Å². The van der Waals surface area contributed by atoms with E-state index in [0.29, 0.717) is 6.54 Å². The van der Waals surface area contributed by atoms with Crippen LogP contribution in [0.15, 0.2) is 15.8 Å². The van der Waals surface area contributed by atoms with E-state index in [0.717, 1.165) is 30.3 Å². The number of nitrogens with zero attached hydrogens (tertiary/aromatic N) is 1. The summed E-state index contributed by atoms with van der Waals surface area (Å²) in [5.41, 5.74) is 4.54. The van der Waals surface area contributed by atoms with Crippen LogP contribution in [0.25, 0.3) is 0 Å². The van der Waals surface area contributed by atoms with Gasteiger partial charge in [-0.25, -0.2) is 4.79 Å². The topological polar surface area (TPSA) is 110 Å². The summed E-state index contributed by atoms with van der Waals surface area (Å²) in [6, 6.07) is -0.00196. The molecule has 1 aromatic rings. The van der Waals surface area contributed by atoms with Gasteiger partial charge in [0.15, 0.2) is 0 Å². The number of nitrogens with two attached hydrogens (primary N) is 1. The van der Waals surface area contributed by atoms with E-state index in [1.54, 1.807) is 0 Å². The number of rotatable bonds is 3. The lowest BCUT2D eigenvalue weighted by atomic mass is 9.84. The fraction of sp³-hybridized carbons (Fsp3) is 0.615. The number of carbonyl (C=O) groups is 1. The van der Waals surface area contributed by atoms with Gasteiger partial charge in [0, 0.05) is 19.3 Å². The molecular weight excluding hydrogens is 260 g/mol. The second-order valence-corrected chi connectivity index (χ2v) is 5.23. The maximum atomic E-state index is 12.2. The summed E-state index contributed by atoms with van der Waals surface area (Å²) in [7, 11) is 1.33. The van der Waals surface area contributed by atoms with Gasteiger partial charge in [-0.2, -0.15) is 0 Å². The largest absolute Gasteiger partial charge is 0.349 e. The predicted octanol–water partition coefficient (Wildman–Crippen LogP) is -0.679. The molecule has 0 bridgehead atoms. The Hall–Kier alpha value is -1.89. The van der Waals surface area contributed by atoms with Crippen molar-refractivity contribution in [1.82, 2.24) is 14.9 Å². The summed E-state index contributed by atoms with van der Waals surface area (Å²) in [6.07, 6.45) is 5.20. The molecule has 1 fully saturated rings. The summed E-state index contributed by atoms with van der Waals surface area (Å²) < 4.78 is 0.885. The minimum absolute atomic E-state index is 0.00196. The molecule has 0 spiro atoms. The van der Waals surface area contributed by atoms with Gasteiger partial charge in [-0.15, -0.1) is 0 Å². The van der Waals surface area contributed by atoms with Crippen molar-refractivity contribution in [3.63, 3.8) is 0 Å². The van der Waals surface area contributed by atoms with Gasteiger partial charge in [-0.1, -0.05) is 12.8 Å². The first-order valence-corrected chi connectivity index (χ1v) is 6.84. The molecule has 0 aromatic carbocycles. The van der Waals surface area contributed by atoms with Crippen LogP contribution >= 0.6 is 0 Å². The van der Waals surface area contributed by atoms with E-state index in [1.165, 1.54) is 13.2 Å². The Balaban J connectivity index is 2.18. The molecule has 20 heavy (non-hydrogen) atoms. The fourth-order valence-electron chi connectivity index (χ4n) is 2.65. The third kappa shape index (κ3) is 2.82. The van der Waals surface area contributed by atoms with Crippen LogP contribution < -0.4 is 22.3 Å². The van der Waals surface area contributed by atoms with Crippen LogP contribution in [0.5, 0.6) is 0 Å². The van der Waals surface area contributed by atoms with E-state index < -0.39 is 17.2 Å². The van der Waals surface area contributed by atoms with Crippen LogP contribution in [0, 0.1) is 5.92 Å². The quantitative estimate of drug-likeness (QED) is 0.681. The van der Waals surface area contributed by atoms with E-state index in [-0.39, 0.29) is 17.5 Å². The van der Waals surface area contributed by atoms with Crippen molar-refractivity contribution < 1.29 is 4.79 Å². The SMILES string of the molecule is Cn1c(=O)[nH]cc(C(=O)NC2CCCCC2CN)c1=O. The second kappa shape index (κ2) is 6.04. The van der Waals surface area contributed by atoms with Gasteiger partial charge in [0.25, 0.3) is 11.5 Å². The minimum Gasteiger partial charge on any atom is -0.349 e. The highest BCUT2D eigenvalue weighted by Gasteiger charge is 2.26. The average molecular weight is 280 g/mol. The number of aromatic amines is 1. The van der Waals surface area contributed by atoms with Gasteiger partial charge in [0.2, 0.25) is 0 Å². The predicted molar refractivity (Wildman–Crippen MR) is 74.6 cm³/mol. The second-order valence-electron chi connectivity index (χ2n) is 5.23. The lowest BCUT2D eigenvalue weighted by Gasteiger charge is -2.31. The zero-order chi connectivity index (χ0) is 14.7. The monoisotopic (exact) mass is 280 g/mol. The van der Waals surface area contributed by atoms with Gasteiger partial charge in [-0.3, -0.25) is 14.2 Å². The van der Waals surface area contributed by atoms with E-state index in [1.807, 2.05) is 0 Å². The number of hydrogen-bond acceptors (Lipinski definition) is 4. The zero-order valence-electron chi connectivity index (χ0n) is 11.5. The van der Waals surface area contributed by atoms with Gasteiger partial charge >= 0.3 is 5.69 Å². The number of nitrogens with one attached hydrogen (secondary N) is 2. The number of H-pyrrole nitrogens is 1. The lowest BCUT2D eigenvalue weighted by Crippen LogP contribution is -2.47. The molecule has 1 aliphatic carbocycles. The van der Waals surface area contributed by atoms with Crippen molar-refractivity contribution in [2.45, 2.75) is 31.7 Å². The Morgan fingerprint density at radius 2 is 2.15 bits per heavy atom. The van der Waals surface area contributed by atoms with Crippen LogP contribution in [-0.4, -0.2) is 28.0 Å². The Labute approximate surface area is 116 Å². The maximum absolute atomic E-state index is 12.2. The average Bonchev–Trinajstić information content (AvgIpc) is 2.45. The molecule has 1 heterocycles. The third-order valence-corrected chi connectivity index (χ3v) is 3.95. The summed E-state index contributed by atoms with van der Waals surface area (Å²) in [4.78, 5) is 37.7. The van der Waals surface area contributed by atoms with Crippen molar-refractivity contribution in [1.29, 1.82) is 0 Å². The lowest BCUT2D eigenvalue weighted by molar-refractivity contribution is 0.0905. The number of carbonyl (C=O) groups excluding carboxylic acids is 1. The number of hydrogen-bond donors (Lipinski definition) is 3. The summed E-state index contributed by atoms with van der Waals surface area (Å²) in [6.45, 7) is 0.522. The Bertz CT molecular complexity index is 604. The third-order valence-electron chi connectivity index (χ3n) is 3.95. The van der Waals surface area contributed by atoms with Crippen LogP contribution in [0.4, 0.5) is 0 Å². The first-order chi connectivity index (χ1) is 9.54. The number of aromatic nitrogens is 2. The van der Waals surface area contributed by atoms with Crippen LogP contribution in [0.1, 0.15) is 36.0 Å². The van der Waals surface area contributed by atoms with Crippen molar-refractivity contribution in [3.8, 4) is 0 Å². The highest BCUT2D eigenvalue weighted by atomic mass is 16.2. The molecule has 2 unspecified atom stereocenters. The highest BCUT2D eigenvalue weighted by molar-refractivity contribution is 5.93. The van der Waals surface area contributed by atoms with E-state index in [9.17, 15) is 14.4 Å². The Morgan fingerprint density at radius 3 is 2.85 bits per heavy atom. The highest BCUT2D eigenvalue weighted by Crippen LogP contribution is 2.23. The minimum atomic E-state index is -0.591. The molecule has 0 aliphatic heterocycles. The van der Waals surface area contributed by atoms with Gasteiger partial charge in [-0.05, 0) is 25.3 Å². The van der Waals surface area contributed by atoms with Crippen molar-refractivity contribution in [2.24, 2.45) is 18.7 Å². The van der Waals surface area contributed by atoms with Crippen LogP contribution in [0.3, 0.4) is 0 Å². The molecule has 7 heteroatoms. The standard InChI is InChI=1S/C13H20N4O3/c1-17-12(19)9(7-15-13(17)20)11(18)16-10-5-3-2-4-8(10)6-14/h7-8,10H,2-6,14H2,1H3,(H,15,20)(H,16,18). The maximum Gasteiger partial charge on any atom is 0.328 e. The van der Waals surface area contributed by atoms with E-state index in [2.05, 4.69) is 10.3 Å². The molecule has 110 valence electrons. The summed E-state index contributed by atoms with van der Waals surface area (Å²) in [5.74, 6) is -0.202. The fourth-order valence-corrected chi connectivity index (χ4v) is 2.65. The van der Waals surface area contributed by atoms with Crippen molar-refractivity contribution >= 4 is 5.91 Å². The normalized spacial score (nSPS) is 22.5. The molecule has 4 N–H and O–H groups in total. The Morgan fingerprint density at radius 1 is 1.45 bits per heavy atom. The smallest absolute Gasteiger partial charge is 0.328 e. The number of amides is 1. The van der Waals surface area contributed by atoms with Gasteiger partial charge in [0.05, 0.1) is 0 Å². The van der Waals surface area contributed by atoms with Crippen LogP contribution in [0.2, 0.25) is 0 Å². The van der Waals surface area contributed by atoms with E-state index in [4.69, 9.17) is 5.73 Å². The van der Waals surface area contributed by atoms with Crippen LogP contribution in [-0.2, 0) is 7.05 Å². The molecule has 1 aliphatic rings. The van der Waals surface area contributed by atoms with Gasteiger partial charge < -0.3 is 16.0 Å². The molecule has 1 saturated carbocycles. The molecule has 2 atom stereocenters. The molecule has 1 aromatic heterocycles. The van der Waals surface area contributed by atoms with E-state index >= 15 is 0 Å². The molecule has 2 rings (SSSR count). The summed E-state index contributed by atoms with van der Waals surface area (Å²) in [5, 5.41) is 2.87. The molecule has 1 amide bonds. The summed E-state index contributed by atoms with van der Waals surface area (Å²) >= 11 is 0. The molecule has 7 nitrogen and oxygen atoms in total. The first kappa shape index (κ1) is 14.5. The van der Waals surface area contributed by atoms with Gasteiger partial charge in [0.1, 0.15) is 5.56 Å². The molecule has 0 saturated heterocycles. The zero-order valence-corrected chi connectivity index (χ0v) is 11.5.